The van der Waals surface area contributed by atoms with Crippen molar-refractivity contribution in [3.05, 3.63) is 34.3 Å². The van der Waals surface area contributed by atoms with Crippen LogP contribution < -0.4 is 5.32 Å². The van der Waals surface area contributed by atoms with Crippen LogP contribution in [0.15, 0.2) is 28.7 Å². The Labute approximate surface area is 101 Å². The molecule has 0 saturated heterocycles. The van der Waals surface area contributed by atoms with Crippen LogP contribution in [0.25, 0.3) is 0 Å². The first kappa shape index (κ1) is 13.5. The van der Waals surface area contributed by atoms with E-state index in [0.29, 0.717) is 6.54 Å². The smallest absolute Gasteiger partial charge is 0.308 e. The van der Waals surface area contributed by atoms with Crippen molar-refractivity contribution in [2.75, 3.05) is 13.1 Å². The maximum atomic E-state index is 11.9. The molecule has 0 aliphatic heterocycles. The van der Waals surface area contributed by atoms with Gasteiger partial charge in [-0.25, -0.2) is 0 Å². The third kappa shape index (κ3) is 4.99. The zero-order valence-corrected chi connectivity index (χ0v) is 10.4. The monoisotopic (exact) mass is 295 g/mol. The molecule has 0 fully saturated rings. The lowest BCUT2D eigenvalue weighted by Gasteiger charge is -2.14. The Morgan fingerprint density at radius 2 is 1.81 bits per heavy atom. The lowest BCUT2D eigenvalue weighted by Crippen LogP contribution is -2.31. The largest absolute Gasteiger partial charge is 0.401 e. The number of rotatable bonds is 4. The van der Waals surface area contributed by atoms with E-state index in [4.69, 9.17) is 0 Å². The van der Waals surface area contributed by atoms with Crippen molar-refractivity contribution >= 4 is 15.9 Å². The highest BCUT2D eigenvalue weighted by Crippen LogP contribution is 2.18. The SMILES string of the molecule is C[C@@H](CNCC(F)(F)F)c1ccc(Br)cc1. The molecule has 0 amide bonds. The van der Waals surface area contributed by atoms with E-state index in [1.54, 1.807) is 0 Å². The zero-order valence-electron chi connectivity index (χ0n) is 8.81. The normalized spacial score (nSPS) is 13.8. The highest BCUT2D eigenvalue weighted by Gasteiger charge is 2.26. The molecule has 1 nitrogen and oxygen atoms in total. The van der Waals surface area contributed by atoms with Gasteiger partial charge in [0.15, 0.2) is 0 Å². The molecule has 1 N–H and O–H groups in total. The molecule has 1 rings (SSSR count). The fourth-order valence-corrected chi connectivity index (χ4v) is 1.60. The predicted molar refractivity (Wildman–Crippen MR) is 61.5 cm³/mol. The molecule has 0 radical (unpaired) electrons. The topological polar surface area (TPSA) is 12.0 Å². The van der Waals surface area contributed by atoms with E-state index in [9.17, 15) is 13.2 Å². The minimum absolute atomic E-state index is 0.0652. The van der Waals surface area contributed by atoms with Gasteiger partial charge in [-0.2, -0.15) is 13.2 Å². The lowest BCUT2D eigenvalue weighted by molar-refractivity contribution is -0.124. The quantitative estimate of drug-likeness (QED) is 0.893. The molecule has 0 unspecified atom stereocenters. The average molecular weight is 296 g/mol. The Kier molecular flexibility index (Phi) is 4.80. The summed E-state index contributed by atoms with van der Waals surface area (Å²) in [5.41, 5.74) is 1.03. The maximum Gasteiger partial charge on any atom is 0.401 e. The van der Waals surface area contributed by atoms with E-state index in [1.807, 2.05) is 31.2 Å². The van der Waals surface area contributed by atoms with E-state index in [0.717, 1.165) is 10.0 Å². The second-order valence-corrected chi connectivity index (χ2v) is 4.61. The van der Waals surface area contributed by atoms with Crippen molar-refractivity contribution < 1.29 is 13.2 Å². The Morgan fingerprint density at radius 3 is 2.31 bits per heavy atom. The van der Waals surface area contributed by atoms with Crippen LogP contribution >= 0.6 is 15.9 Å². The minimum Gasteiger partial charge on any atom is -0.308 e. The molecule has 0 bridgehead atoms. The van der Waals surface area contributed by atoms with Crippen LogP contribution in [-0.4, -0.2) is 19.3 Å². The molecule has 0 aromatic heterocycles. The molecule has 0 aliphatic carbocycles. The Bertz CT molecular complexity index is 321. The van der Waals surface area contributed by atoms with Gasteiger partial charge in [0.25, 0.3) is 0 Å². The molecule has 16 heavy (non-hydrogen) atoms. The van der Waals surface area contributed by atoms with E-state index >= 15 is 0 Å². The van der Waals surface area contributed by atoms with Crippen molar-refractivity contribution in [2.24, 2.45) is 0 Å². The number of hydrogen-bond acceptors (Lipinski definition) is 1. The maximum absolute atomic E-state index is 11.9. The third-order valence-corrected chi connectivity index (χ3v) is 2.74. The van der Waals surface area contributed by atoms with E-state index in [1.165, 1.54) is 0 Å². The van der Waals surface area contributed by atoms with Gasteiger partial charge in [-0.1, -0.05) is 35.0 Å². The number of alkyl halides is 3. The van der Waals surface area contributed by atoms with Crippen molar-refractivity contribution in [1.29, 1.82) is 0 Å². The van der Waals surface area contributed by atoms with E-state index in [2.05, 4.69) is 21.2 Å². The fourth-order valence-electron chi connectivity index (χ4n) is 1.34. The van der Waals surface area contributed by atoms with E-state index < -0.39 is 12.7 Å². The van der Waals surface area contributed by atoms with Gasteiger partial charge in [0.05, 0.1) is 6.54 Å². The Balaban J connectivity index is 2.41. The summed E-state index contributed by atoms with van der Waals surface area (Å²) >= 11 is 3.31. The van der Waals surface area contributed by atoms with Gasteiger partial charge < -0.3 is 5.32 Å². The third-order valence-electron chi connectivity index (χ3n) is 2.22. The zero-order chi connectivity index (χ0) is 12.2. The number of nitrogens with one attached hydrogen (secondary N) is 1. The van der Waals surface area contributed by atoms with Crippen LogP contribution in [0, 0.1) is 0 Å². The molecule has 0 saturated carbocycles. The number of benzene rings is 1. The second kappa shape index (κ2) is 5.68. The minimum atomic E-state index is -4.14. The van der Waals surface area contributed by atoms with Crippen LogP contribution in [-0.2, 0) is 0 Å². The summed E-state index contributed by atoms with van der Waals surface area (Å²) in [5, 5.41) is 2.40. The van der Waals surface area contributed by atoms with Crippen LogP contribution in [0.2, 0.25) is 0 Å². The lowest BCUT2D eigenvalue weighted by atomic mass is 10.0. The summed E-state index contributed by atoms with van der Waals surface area (Å²) in [6.45, 7) is 1.28. The van der Waals surface area contributed by atoms with Crippen molar-refractivity contribution in [3.63, 3.8) is 0 Å². The van der Waals surface area contributed by atoms with Crippen molar-refractivity contribution in [2.45, 2.75) is 19.0 Å². The Hall–Kier alpha value is -0.550. The van der Waals surface area contributed by atoms with Crippen LogP contribution in [0.5, 0.6) is 0 Å². The molecule has 1 atom stereocenters. The van der Waals surface area contributed by atoms with Crippen LogP contribution in [0.4, 0.5) is 13.2 Å². The first-order chi connectivity index (χ1) is 7.38. The highest BCUT2D eigenvalue weighted by molar-refractivity contribution is 9.10. The van der Waals surface area contributed by atoms with Gasteiger partial charge in [0.2, 0.25) is 0 Å². The van der Waals surface area contributed by atoms with Crippen molar-refractivity contribution in [3.8, 4) is 0 Å². The number of halogens is 4. The fraction of sp³-hybridized carbons (Fsp3) is 0.455. The van der Waals surface area contributed by atoms with Crippen LogP contribution in [0.3, 0.4) is 0 Å². The van der Waals surface area contributed by atoms with Gasteiger partial charge in [-0.3, -0.25) is 0 Å². The van der Waals surface area contributed by atoms with Gasteiger partial charge in [0, 0.05) is 11.0 Å². The molecule has 1 aromatic rings. The summed E-state index contributed by atoms with van der Waals surface area (Å²) in [6.07, 6.45) is -4.14. The molecule has 0 aliphatic rings. The van der Waals surface area contributed by atoms with Gasteiger partial charge in [-0.15, -0.1) is 0 Å². The van der Waals surface area contributed by atoms with Crippen molar-refractivity contribution in [1.82, 2.24) is 5.32 Å². The number of hydrogen-bond donors (Lipinski definition) is 1. The molecule has 90 valence electrons. The second-order valence-electron chi connectivity index (χ2n) is 3.70. The molecule has 1 aromatic carbocycles. The molecule has 5 heteroatoms. The summed E-state index contributed by atoms with van der Waals surface area (Å²) in [7, 11) is 0. The highest BCUT2D eigenvalue weighted by atomic mass is 79.9. The molecular weight excluding hydrogens is 283 g/mol. The molecular formula is C11H13BrF3N. The summed E-state index contributed by atoms with van der Waals surface area (Å²) in [5.74, 6) is 0.0652. The first-order valence-electron chi connectivity index (χ1n) is 4.91. The first-order valence-corrected chi connectivity index (χ1v) is 5.71. The summed E-state index contributed by atoms with van der Waals surface area (Å²) in [4.78, 5) is 0. The molecule has 0 heterocycles. The molecule has 0 spiro atoms. The van der Waals surface area contributed by atoms with Gasteiger partial charge in [-0.05, 0) is 23.6 Å². The average Bonchev–Trinajstić information content (AvgIpc) is 2.16. The standard InChI is InChI=1S/C11H13BrF3N/c1-8(6-16-7-11(13,14)15)9-2-4-10(12)5-3-9/h2-5,8,16H,6-7H2,1H3/t8-/m0/s1. The van der Waals surface area contributed by atoms with E-state index in [-0.39, 0.29) is 5.92 Å². The summed E-state index contributed by atoms with van der Waals surface area (Å²) < 4.78 is 36.6. The van der Waals surface area contributed by atoms with Crippen LogP contribution in [0.1, 0.15) is 18.4 Å². The predicted octanol–water partition coefficient (Wildman–Crippen LogP) is 3.70. The van der Waals surface area contributed by atoms with Gasteiger partial charge in [0.1, 0.15) is 0 Å². The Morgan fingerprint density at radius 1 is 1.25 bits per heavy atom. The van der Waals surface area contributed by atoms with Gasteiger partial charge >= 0.3 is 6.18 Å². The summed E-state index contributed by atoms with van der Waals surface area (Å²) in [6, 6.07) is 7.58.